The summed E-state index contributed by atoms with van der Waals surface area (Å²) < 4.78 is 51.3. The van der Waals surface area contributed by atoms with E-state index in [9.17, 15) is 22.8 Å². The van der Waals surface area contributed by atoms with Gasteiger partial charge in [-0.05, 0) is 53.7 Å². The van der Waals surface area contributed by atoms with Gasteiger partial charge in [0, 0.05) is 19.6 Å². The number of benzene rings is 2. The molecule has 0 bridgehead atoms. The van der Waals surface area contributed by atoms with Gasteiger partial charge in [0.25, 0.3) is 5.91 Å². The van der Waals surface area contributed by atoms with Crippen LogP contribution in [0, 0.1) is 11.3 Å². The molecule has 0 spiro atoms. The highest BCUT2D eigenvalue weighted by Crippen LogP contribution is 2.41. The summed E-state index contributed by atoms with van der Waals surface area (Å²) >= 11 is 1.16. The number of amidine groups is 1. The van der Waals surface area contributed by atoms with Crippen LogP contribution in [0.1, 0.15) is 16.7 Å². The number of halogens is 3. The molecule has 2 amide bonds. The molecular weight excluding hydrogens is 523 g/mol. The summed E-state index contributed by atoms with van der Waals surface area (Å²) in [5.41, 5.74) is -0.671. The average Bonchev–Trinajstić information content (AvgIpc) is 3.23. The first kappa shape index (κ1) is 27.0. The predicted molar refractivity (Wildman–Crippen MR) is 135 cm³/mol. The van der Waals surface area contributed by atoms with Crippen LogP contribution in [0.15, 0.2) is 46.3 Å². The number of methoxy groups -OCH3 is 1. The van der Waals surface area contributed by atoms with Crippen molar-refractivity contribution in [1.82, 2.24) is 15.5 Å². The number of piperazine rings is 1. The lowest BCUT2D eigenvalue weighted by Gasteiger charge is -2.25. The van der Waals surface area contributed by atoms with Crippen molar-refractivity contribution < 1.29 is 32.2 Å². The van der Waals surface area contributed by atoms with Crippen LogP contribution < -0.4 is 20.1 Å². The Morgan fingerprint density at radius 2 is 1.97 bits per heavy atom. The Morgan fingerprint density at radius 3 is 2.68 bits per heavy atom. The fraction of sp³-hybridized carbons (Fsp3) is 0.280. The molecule has 2 saturated heterocycles. The Morgan fingerprint density at radius 1 is 1.18 bits per heavy atom. The van der Waals surface area contributed by atoms with E-state index in [2.05, 4.69) is 15.6 Å². The Hall–Kier alpha value is -4.02. The van der Waals surface area contributed by atoms with E-state index in [1.54, 1.807) is 18.2 Å². The number of carbonyl (C=O) groups is 2. The third kappa shape index (κ3) is 6.64. The largest absolute Gasteiger partial charge is 0.493 e. The monoisotopic (exact) mass is 545 g/mol. The molecule has 198 valence electrons. The van der Waals surface area contributed by atoms with Crippen molar-refractivity contribution >= 4 is 34.8 Å². The summed E-state index contributed by atoms with van der Waals surface area (Å²) in [4.78, 5) is 30.6. The molecule has 38 heavy (non-hydrogen) atoms. The van der Waals surface area contributed by atoms with Gasteiger partial charge in [0.05, 0.1) is 42.3 Å². The molecule has 2 aliphatic heterocycles. The SMILES string of the molecule is COc1cc(/C=C2/SC(=NCCN3CCNC(=O)C3)NC2=O)ccc1Oc1ccc(C#N)cc1C(F)(F)F. The zero-order chi connectivity index (χ0) is 27.3. The van der Waals surface area contributed by atoms with E-state index >= 15 is 0 Å². The molecule has 4 rings (SSSR count). The quantitative estimate of drug-likeness (QED) is 0.513. The Kier molecular flexibility index (Phi) is 8.23. The molecule has 2 fully saturated rings. The van der Waals surface area contributed by atoms with Gasteiger partial charge in [0.15, 0.2) is 16.7 Å². The Labute approximate surface area is 220 Å². The highest BCUT2D eigenvalue weighted by Gasteiger charge is 2.35. The zero-order valence-electron chi connectivity index (χ0n) is 20.1. The highest BCUT2D eigenvalue weighted by atomic mass is 32.2. The van der Waals surface area contributed by atoms with E-state index in [1.165, 1.54) is 25.3 Å². The number of thioether (sulfide) groups is 1. The van der Waals surface area contributed by atoms with Gasteiger partial charge in [0.1, 0.15) is 5.75 Å². The molecule has 9 nitrogen and oxygen atoms in total. The minimum Gasteiger partial charge on any atom is -0.493 e. The number of aliphatic imine (C=N–C) groups is 1. The zero-order valence-corrected chi connectivity index (χ0v) is 20.9. The maximum atomic E-state index is 13.5. The topological polar surface area (TPSA) is 116 Å². The minimum absolute atomic E-state index is 0.0257. The molecule has 0 atom stereocenters. The van der Waals surface area contributed by atoms with Crippen molar-refractivity contribution in [3.8, 4) is 23.3 Å². The molecule has 2 aromatic carbocycles. The van der Waals surface area contributed by atoms with E-state index < -0.39 is 17.5 Å². The lowest BCUT2D eigenvalue weighted by Crippen LogP contribution is -2.48. The van der Waals surface area contributed by atoms with Crippen LogP contribution in [0.25, 0.3) is 6.08 Å². The molecule has 0 radical (unpaired) electrons. The van der Waals surface area contributed by atoms with Gasteiger partial charge in [-0.15, -0.1) is 0 Å². The number of ether oxygens (including phenoxy) is 2. The number of amides is 2. The number of nitriles is 1. The van der Waals surface area contributed by atoms with Crippen molar-refractivity contribution in [3.63, 3.8) is 0 Å². The second-order valence-electron chi connectivity index (χ2n) is 8.21. The molecule has 2 N–H and O–H groups in total. The summed E-state index contributed by atoms with van der Waals surface area (Å²) in [5, 5.41) is 14.8. The van der Waals surface area contributed by atoms with Gasteiger partial charge in [0.2, 0.25) is 5.91 Å². The number of alkyl halides is 3. The van der Waals surface area contributed by atoms with Gasteiger partial charge >= 0.3 is 6.18 Å². The van der Waals surface area contributed by atoms with Crippen LogP contribution >= 0.6 is 11.8 Å². The molecule has 2 aromatic rings. The molecular formula is C25H22F3N5O4S. The van der Waals surface area contributed by atoms with Crippen LogP contribution in [0.5, 0.6) is 17.2 Å². The van der Waals surface area contributed by atoms with Crippen molar-refractivity contribution in [3.05, 3.63) is 58.0 Å². The lowest BCUT2D eigenvalue weighted by atomic mass is 10.1. The van der Waals surface area contributed by atoms with Gasteiger partial charge < -0.3 is 20.1 Å². The molecule has 0 aliphatic carbocycles. The van der Waals surface area contributed by atoms with Crippen LogP contribution in [-0.2, 0) is 15.8 Å². The second kappa shape index (κ2) is 11.6. The minimum atomic E-state index is -4.73. The van der Waals surface area contributed by atoms with Crippen molar-refractivity contribution in [2.24, 2.45) is 4.99 Å². The van der Waals surface area contributed by atoms with E-state index in [0.717, 1.165) is 30.4 Å². The number of carbonyl (C=O) groups excluding carboxylic acids is 2. The van der Waals surface area contributed by atoms with Crippen LogP contribution in [-0.4, -0.2) is 61.7 Å². The van der Waals surface area contributed by atoms with E-state index in [4.69, 9.17) is 14.7 Å². The highest BCUT2D eigenvalue weighted by molar-refractivity contribution is 8.18. The molecule has 0 aromatic heterocycles. The smallest absolute Gasteiger partial charge is 0.420 e. The fourth-order valence-corrected chi connectivity index (χ4v) is 4.56. The molecule has 13 heteroatoms. The third-order valence-electron chi connectivity index (χ3n) is 5.56. The second-order valence-corrected chi connectivity index (χ2v) is 9.24. The maximum absolute atomic E-state index is 13.5. The van der Waals surface area contributed by atoms with Gasteiger partial charge in [-0.25, -0.2) is 0 Å². The third-order valence-corrected chi connectivity index (χ3v) is 6.51. The first-order chi connectivity index (χ1) is 18.2. The standard InChI is InChI=1S/C25H22F3N5O4S/c1-36-20-11-15(2-5-19(20)37-18-4-3-16(13-29)10-17(18)25(26,27)28)12-21-23(35)32-24(38-21)31-7-9-33-8-6-30-22(34)14-33/h2-5,10-12H,6-9,14H2,1H3,(H,30,34)(H,31,32,35)/b21-12+. The number of rotatable bonds is 7. The normalized spacial score (nSPS) is 18.3. The number of hydrogen-bond donors (Lipinski definition) is 2. The summed E-state index contributed by atoms with van der Waals surface area (Å²) in [6.07, 6.45) is -3.12. The Bertz CT molecular complexity index is 1350. The van der Waals surface area contributed by atoms with Gasteiger partial charge in [-0.1, -0.05) is 6.07 Å². The van der Waals surface area contributed by atoms with Crippen LogP contribution in [0.4, 0.5) is 13.2 Å². The van der Waals surface area contributed by atoms with E-state index in [1.807, 2.05) is 4.90 Å². The summed E-state index contributed by atoms with van der Waals surface area (Å²) in [6.45, 7) is 2.65. The summed E-state index contributed by atoms with van der Waals surface area (Å²) in [6, 6.07) is 9.26. The average molecular weight is 546 g/mol. The summed E-state index contributed by atoms with van der Waals surface area (Å²) in [7, 11) is 1.34. The first-order valence-corrected chi connectivity index (χ1v) is 12.2. The van der Waals surface area contributed by atoms with Crippen molar-refractivity contribution in [2.75, 3.05) is 39.8 Å². The van der Waals surface area contributed by atoms with E-state index in [-0.39, 0.29) is 28.9 Å². The number of nitrogens with one attached hydrogen (secondary N) is 2. The van der Waals surface area contributed by atoms with Crippen LogP contribution in [0.2, 0.25) is 0 Å². The van der Waals surface area contributed by atoms with Crippen LogP contribution in [0.3, 0.4) is 0 Å². The molecule has 2 heterocycles. The number of nitrogens with zero attached hydrogens (tertiary/aromatic N) is 3. The van der Waals surface area contributed by atoms with Crippen molar-refractivity contribution in [2.45, 2.75) is 6.18 Å². The van der Waals surface area contributed by atoms with Gasteiger partial charge in [-0.2, -0.15) is 18.4 Å². The predicted octanol–water partition coefficient (Wildman–Crippen LogP) is 3.37. The molecule has 0 unspecified atom stereocenters. The molecule has 2 aliphatic rings. The lowest BCUT2D eigenvalue weighted by molar-refractivity contribution is -0.138. The molecule has 0 saturated carbocycles. The first-order valence-electron chi connectivity index (χ1n) is 11.4. The summed E-state index contributed by atoms with van der Waals surface area (Å²) in [5.74, 6) is -0.653. The van der Waals surface area contributed by atoms with E-state index in [0.29, 0.717) is 41.8 Å². The van der Waals surface area contributed by atoms with Crippen molar-refractivity contribution in [1.29, 1.82) is 5.26 Å². The number of hydrogen-bond acceptors (Lipinski definition) is 8. The fourth-order valence-electron chi connectivity index (χ4n) is 3.72. The van der Waals surface area contributed by atoms with Gasteiger partial charge in [-0.3, -0.25) is 19.5 Å². The Balaban J connectivity index is 1.47. The maximum Gasteiger partial charge on any atom is 0.420 e.